The van der Waals surface area contributed by atoms with Crippen molar-refractivity contribution in [1.82, 2.24) is 0 Å². The molecular weight excluding hydrogens is 364 g/mol. The van der Waals surface area contributed by atoms with Crippen LogP contribution < -0.4 is 9.47 Å². The highest BCUT2D eigenvalue weighted by atomic mass is 16.5. The van der Waals surface area contributed by atoms with E-state index in [1.807, 2.05) is 6.07 Å². The summed E-state index contributed by atoms with van der Waals surface area (Å²) in [6, 6.07) is 8.26. The number of benzene rings is 2. The monoisotopic (exact) mass is 390 g/mol. The summed E-state index contributed by atoms with van der Waals surface area (Å²) in [5.74, 6) is 0.0703. The fourth-order valence-corrected chi connectivity index (χ4v) is 3.55. The molecule has 1 fully saturated rings. The van der Waals surface area contributed by atoms with Crippen LogP contribution in [0.15, 0.2) is 30.3 Å². The van der Waals surface area contributed by atoms with Crippen LogP contribution in [0, 0.1) is 0 Å². The third kappa shape index (κ3) is 4.43. The van der Waals surface area contributed by atoms with Gasteiger partial charge in [0.25, 0.3) is 0 Å². The van der Waals surface area contributed by atoms with Gasteiger partial charge in [-0.25, -0.2) is 0 Å². The van der Waals surface area contributed by atoms with Crippen molar-refractivity contribution < 1.29 is 34.6 Å². The topological polar surface area (TPSA) is 109 Å². The van der Waals surface area contributed by atoms with Crippen molar-refractivity contribution in [3.8, 4) is 28.7 Å². The van der Waals surface area contributed by atoms with Crippen molar-refractivity contribution in [2.24, 2.45) is 0 Å². The van der Waals surface area contributed by atoms with Gasteiger partial charge in [-0.05, 0) is 54.7 Å². The van der Waals surface area contributed by atoms with Crippen molar-refractivity contribution in [2.75, 3.05) is 14.2 Å². The standard InChI is InChI=1S/C21H26O7/c1-26-19-7-12(4-6-16(19)23)3-5-15-10-14(22)11-18(28-15)13-8-17(24)21(25)20(9-13)27-2/h4,6-9,14-15,18,22-25H,3,5,10-11H2,1-2H3/t14-,15-,18+/m0/s1. The smallest absolute Gasteiger partial charge is 0.200 e. The minimum atomic E-state index is -0.528. The summed E-state index contributed by atoms with van der Waals surface area (Å²) in [6.45, 7) is 0. The third-order valence-electron chi connectivity index (χ3n) is 5.05. The van der Waals surface area contributed by atoms with E-state index in [0.29, 0.717) is 37.0 Å². The third-order valence-corrected chi connectivity index (χ3v) is 5.05. The van der Waals surface area contributed by atoms with Gasteiger partial charge in [-0.3, -0.25) is 0 Å². The largest absolute Gasteiger partial charge is 0.504 e. The van der Waals surface area contributed by atoms with E-state index in [1.54, 1.807) is 18.2 Å². The van der Waals surface area contributed by atoms with E-state index < -0.39 is 12.2 Å². The molecule has 0 aromatic heterocycles. The molecule has 1 aliphatic heterocycles. The van der Waals surface area contributed by atoms with Crippen molar-refractivity contribution in [2.45, 2.75) is 44.0 Å². The summed E-state index contributed by atoms with van der Waals surface area (Å²) in [5, 5.41) is 39.7. The average Bonchev–Trinajstić information content (AvgIpc) is 2.68. The summed E-state index contributed by atoms with van der Waals surface area (Å²) in [5.41, 5.74) is 1.64. The number of hydrogen-bond donors (Lipinski definition) is 4. The fourth-order valence-electron chi connectivity index (χ4n) is 3.55. The second-order valence-corrected chi connectivity index (χ2v) is 7.01. The lowest BCUT2D eigenvalue weighted by atomic mass is 9.93. The number of phenolic OH excluding ortho intramolecular Hbond substituents is 3. The number of aliphatic hydroxyl groups excluding tert-OH is 1. The summed E-state index contributed by atoms with van der Waals surface area (Å²) in [4.78, 5) is 0. The zero-order chi connectivity index (χ0) is 20.3. The van der Waals surface area contributed by atoms with Gasteiger partial charge in [0.1, 0.15) is 0 Å². The first-order chi connectivity index (χ1) is 13.4. The maximum absolute atomic E-state index is 10.3. The van der Waals surface area contributed by atoms with Crippen LogP contribution in [0.5, 0.6) is 28.7 Å². The quantitative estimate of drug-likeness (QED) is 0.562. The van der Waals surface area contributed by atoms with Crippen LogP contribution in [-0.2, 0) is 11.2 Å². The van der Waals surface area contributed by atoms with Crippen LogP contribution in [-0.4, -0.2) is 46.9 Å². The molecule has 0 unspecified atom stereocenters. The first-order valence-electron chi connectivity index (χ1n) is 9.20. The first kappa shape index (κ1) is 20.1. The van der Waals surface area contributed by atoms with E-state index in [1.165, 1.54) is 20.3 Å². The second-order valence-electron chi connectivity index (χ2n) is 7.01. The predicted molar refractivity (Wildman–Crippen MR) is 102 cm³/mol. The van der Waals surface area contributed by atoms with Gasteiger partial charge >= 0.3 is 0 Å². The number of ether oxygens (including phenoxy) is 3. The molecule has 0 radical (unpaired) electrons. The van der Waals surface area contributed by atoms with Crippen molar-refractivity contribution in [3.05, 3.63) is 41.5 Å². The number of rotatable bonds is 6. The molecule has 7 nitrogen and oxygen atoms in total. The number of aryl methyl sites for hydroxylation is 1. The molecule has 0 bridgehead atoms. The highest BCUT2D eigenvalue weighted by molar-refractivity contribution is 5.52. The van der Waals surface area contributed by atoms with Crippen molar-refractivity contribution in [1.29, 1.82) is 0 Å². The normalized spacial score (nSPS) is 22.0. The maximum atomic E-state index is 10.3. The van der Waals surface area contributed by atoms with E-state index in [2.05, 4.69) is 0 Å². The molecule has 0 saturated carbocycles. The summed E-state index contributed by atoms with van der Waals surface area (Å²) >= 11 is 0. The molecule has 1 aliphatic rings. The number of methoxy groups -OCH3 is 2. The average molecular weight is 390 g/mol. The van der Waals surface area contributed by atoms with Gasteiger partial charge in [-0.1, -0.05) is 6.07 Å². The molecule has 0 amide bonds. The van der Waals surface area contributed by atoms with Gasteiger partial charge in [-0.2, -0.15) is 0 Å². The van der Waals surface area contributed by atoms with E-state index in [-0.39, 0.29) is 29.1 Å². The Morgan fingerprint density at radius 2 is 1.71 bits per heavy atom. The molecule has 3 rings (SSSR count). The highest BCUT2D eigenvalue weighted by Gasteiger charge is 2.30. The highest BCUT2D eigenvalue weighted by Crippen LogP contribution is 2.41. The van der Waals surface area contributed by atoms with Crippen LogP contribution in [0.4, 0.5) is 0 Å². The van der Waals surface area contributed by atoms with Crippen LogP contribution >= 0.6 is 0 Å². The van der Waals surface area contributed by atoms with E-state index >= 15 is 0 Å². The van der Waals surface area contributed by atoms with E-state index in [4.69, 9.17) is 14.2 Å². The lowest BCUT2D eigenvalue weighted by Crippen LogP contribution is -2.31. The Morgan fingerprint density at radius 3 is 2.43 bits per heavy atom. The molecule has 7 heteroatoms. The Bertz CT molecular complexity index is 821. The van der Waals surface area contributed by atoms with Gasteiger partial charge in [0.15, 0.2) is 23.0 Å². The maximum Gasteiger partial charge on any atom is 0.200 e. The van der Waals surface area contributed by atoms with Crippen LogP contribution in [0.25, 0.3) is 0 Å². The summed E-state index contributed by atoms with van der Waals surface area (Å²) in [6.07, 6.45) is 1.19. The molecule has 0 spiro atoms. The zero-order valence-corrected chi connectivity index (χ0v) is 16.0. The molecular formula is C21H26O7. The Labute approximate surface area is 163 Å². The Morgan fingerprint density at radius 1 is 0.964 bits per heavy atom. The van der Waals surface area contributed by atoms with Crippen LogP contribution in [0.1, 0.15) is 36.5 Å². The van der Waals surface area contributed by atoms with Gasteiger partial charge in [-0.15, -0.1) is 0 Å². The molecule has 3 atom stereocenters. The number of aliphatic hydroxyl groups is 1. The number of phenols is 3. The molecule has 2 aromatic carbocycles. The van der Waals surface area contributed by atoms with Gasteiger partial charge in [0.2, 0.25) is 5.75 Å². The van der Waals surface area contributed by atoms with Gasteiger partial charge < -0.3 is 34.6 Å². The molecule has 28 heavy (non-hydrogen) atoms. The predicted octanol–water partition coefficient (Wildman–Crippen LogP) is 3.03. The fraction of sp³-hybridized carbons (Fsp3) is 0.429. The number of hydrogen-bond acceptors (Lipinski definition) is 7. The molecule has 152 valence electrons. The Hall–Kier alpha value is -2.64. The molecule has 1 heterocycles. The molecule has 2 aromatic rings. The lowest BCUT2D eigenvalue weighted by molar-refractivity contribution is -0.0999. The van der Waals surface area contributed by atoms with Crippen molar-refractivity contribution in [3.63, 3.8) is 0 Å². The first-order valence-corrected chi connectivity index (χ1v) is 9.20. The Kier molecular flexibility index (Phi) is 6.16. The van der Waals surface area contributed by atoms with Crippen LogP contribution in [0.2, 0.25) is 0 Å². The SMILES string of the molecule is COc1cc(CC[C@H]2C[C@H](O)C[C@H](c3cc(O)c(O)c(OC)c3)O2)ccc1O. The molecule has 0 aliphatic carbocycles. The van der Waals surface area contributed by atoms with E-state index in [0.717, 1.165) is 5.56 Å². The minimum Gasteiger partial charge on any atom is -0.504 e. The molecule has 1 saturated heterocycles. The molecule has 4 N–H and O–H groups in total. The minimum absolute atomic E-state index is 0.0942. The second kappa shape index (κ2) is 8.58. The van der Waals surface area contributed by atoms with Gasteiger partial charge in [0, 0.05) is 6.42 Å². The summed E-state index contributed by atoms with van der Waals surface area (Å²) < 4.78 is 16.4. The Balaban J connectivity index is 1.70. The lowest BCUT2D eigenvalue weighted by Gasteiger charge is -2.34. The van der Waals surface area contributed by atoms with E-state index in [9.17, 15) is 20.4 Å². The summed E-state index contributed by atoms with van der Waals surface area (Å²) in [7, 11) is 2.91. The van der Waals surface area contributed by atoms with Gasteiger partial charge in [0.05, 0.1) is 32.5 Å². The van der Waals surface area contributed by atoms with Crippen LogP contribution in [0.3, 0.4) is 0 Å². The van der Waals surface area contributed by atoms with Crippen molar-refractivity contribution >= 4 is 0 Å². The zero-order valence-electron chi connectivity index (χ0n) is 16.0. The number of aromatic hydroxyl groups is 3.